The molecule has 1 aromatic heterocycles. The van der Waals surface area contributed by atoms with Crippen molar-refractivity contribution in [1.82, 2.24) is 4.98 Å². The van der Waals surface area contributed by atoms with Crippen LogP contribution in [0.3, 0.4) is 0 Å². The third kappa shape index (κ3) is 2.22. The zero-order valence-corrected chi connectivity index (χ0v) is 11.2. The van der Waals surface area contributed by atoms with Crippen LogP contribution in [0.25, 0.3) is 10.9 Å². The molecule has 3 nitrogen and oxygen atoms in total. The van der Waals surface area contributed by atoms with Gasteiger partial charge in [0, 0.05) is 17.5 Å². The lowest BCUT2D eigenvalue weighted by Gasteiger charge is -2.24. The summed E-state index contributed by atoms with van der Waals surface area (Å²) in [6.45, 7) is -2.07. The number of alkyl halides is 5. The largest absolute Gasteiger partial charge is 0.468 e. The number of nitrogens with one attached hydrogen (secondary N) is 1. The van der Waals surface area contributed by atoms with Gasteiger partial charge in [0.1, 0.15) is 0 Å². The third-order valence-electron chi connectivity index (χ3n) is 3.45. The van der Waals surface area contributed by atoms with Crippen LogP contribution < -0.4 is 10.1 Å². The number of para-hydroxylation sites is 1. The van der Waals surface area contributed by atoms with E-state index in [0.29, 0.717) is 29.6 Å². The van der Waals surface area contributed by atoms with Gasteiger partial charge in [0.05, 0.1) is 11.2 Å². The molecule has 0 atom stereocenters. The minimum absolute atomic E-state index is 0.285. The summed E-state index contributed by atoms with van der Waals surface area (Å²) in [4.78, 5) is 3.88. The van der Waals surface area contributed by atoms with E-state index in [-0.39, 0.29) is 5.56 Å². The van der Waals surface area contributed by atoms with Crippen molar-refractivity contribution >= 4 is 16.6 Å². The Balaban J connectivity index is 2.09. The standard InChI is InChI=1S/C14H11F5N2O/c15-7-13(16,17)14(18,19)22-12-9-5-6-20-11(9)8-3-1-2-4-10(8)21-12/h1-4,20H,5-7H2. The van der Waals surface area contributed by atoms with E-state index in [1.807, 2.05) is 0 Å². The first-order valence-electron chi connectivity index (χ1n) is 6.52. The number of rotatable bonds is 4. The number of fused-ring (bicyclic) bond motifs is 3. The Morgan fingerprint density at radius 2 is 1.91 bits per heavy atom. The summed E-state index contributed by atoms with van der Waals surface area (Å²) < 4.78 is 69.2. The number of halogens is 5. The summed E-state index contributed by atoms with van der Waals surface area (Å²) in [6.07, 6.45) is -4.67. The highest BCUT2D eigenvalue weighted by atomic mass is 19.3. The Morgan fingerprint density at radius 1 is 1.18 bits per heavy atom. The van der Waals surface area contributed by atoms with Gasteiger partial charge in [-0.05, 0) is 12.5 Å². The minimum atomic E-state index is -4.98. The van der Waals surface area contributed by atoms with Crippen molar-refractivity contribution in [1.29, 1.82) is 0 Å². The first kappa shape index (κ1) is 14.8. The van der Waals surface area contributed by atoms with E-state index in [1.165, 1.54) is 0 Å². The average Bonchev–Trinajstić information content (AvgIpc) is 2.97. The molecule has 0 spiro atoms. The first-order valence-corrected chi connectivity index (χ1v) is 6.52. The Morgan fingerprint density at radius 3 is 2.64 bits per heavy atom. The number of pyridine rings is 1. The summed E-state index contributed by atoms with van der Waals surface area (Å²) in [5.41, 5.74) is 1.14. The van der Waals surface area contributed by atoms with Crippen LogP contribution in [0.5, 0.6) is 5.88 Å². The van der Waals surface area contributed by atoms with Crippen LogP contribution in [-0.4, -0.2) is 30.2 Å². The number of benzene rings is 1. The summed E-state index contributed by atoms with van der Waals surface area (Å²) >= 11 is 0. The van der Waals surface area contributed by atoms with Crippen LogP contribution in [0.15, 0.2) is 24.3 Å². The third-order valence-corrected chi connectivity index (χ3v) is 3.45. The second-order valence-electron chi connectivity index (χ2n) is 4.92. The van der Waals surface area contributed by atoms with Gasteiger partial charge in [-0.3, -0.25) is 0 Å². The lowest BCUT2D eigenvalue weighted by atomic mass is 10.1. The van der Waals surface area contributed by atoms with Crippen molar-refractivity contribution in [2.75, 3.05) is 18.5 Å². The highest BCUT2D eigenvalue weighted by Gasteiger charge is 2.60. The fourth-order valence-corrected chi connectivity index (χ4v) is 2.33. The molecule has 1 N–H and O–H groups in total. The van der Waals surface area contributed by atoms with E-state index in [4.69, 9.17) is 0 Å². The molecule has 0 saturated heterocycles. The summed E-state index contributed by atoms with van der Waals surface area (Å²) in [7, 11) is 0. The SMILES string of the molecule is FCC(F)(F)C(F)(F)Oc1nc2ccccc2c2c1CCN2. The van der Waals surface area contributed by atoms with Gasteiger partial charge in [0.15, 0.2) is 6.67 Å². The molecule has 0 fully saturated rings. The van der Waals surface area contributed by atoms with Gasteiger partial charge >= 0.3 is 12.0 Å². The summed E-state index contributed by atoms with van der Waals surface area (Å²) in [5, 5.41) is 3.68. The van der Waals surface area contributed by atoms with Gasteiger partial charge in [0.2, 0.25) is 5.88 Å². The minimum Gasteiger partial charge on any atom is -0.410 e. The Labute approximate surface area is 122 Å². The van der Waals surface area contributed by atoms with Crippen LogP contribution in [0.1, 0.15) is 5.56 Å². The lowest BCUT2D eigenvalue weighted by Crippen LogP contribution is -2.47. The molecule has 0 amide bonds. The maximum Gasteiger partial charge on any atom is 0.468 e. The Bertz CT molecular complexity index is 720. The highest BCUT2D eigenvalue weighted by Crippen LogP contribution is 2.41. The van der Waals surface area contributed by atoms with Crippen LogP contribution in [0.4, 0.5) is 27.6 Å². The lowest BCUT2D eigenvalue weighted by molar-refractivity contribution is -0.313. The fourth-order valence-electron chi connectivity index (χ4n) is 2.33. The number of ether oxygens (including phenoxy) is 1. The van der Waals surface area contributed by atoms with Crippen LogP contribution in [0, 0.1) is 0 Å². The molecule has 1 aliphatic heterocycles. The fraction of sp³-hybridized carbons (Fsp3) is 0.357. The molecule has 2 aromatic rings. The number of aromatic nitrogens is 1. The van der Waals surface area contributed by atoms with Gasteiger partial charge in [-0.2, -0.15) is 17.6 Å². The Hall–Kier alpha value is -2.12. The smallest absolute Gasteiger partial charge is 0.410 e. The maximum atomic E-state index is 13.5. The molecule has 0 unspecified atom stereocenters. The van der Waals surface area contributed by atoms with E-state index >= 15 is 0 Å². The number of nitrogens with zero attached hydrogens (tertiary/aromatic N) is 1. The molecular formula is C14H11F5N2O. The van der Waals surface area contributed by atoms with Gasteiger partial charge in [-0.15, -0.1) is 0 Å². The van der Waals surface area contributed by atoms with Crippen molar-refractivity contribution in [3.63, 3.8) is 0 Å². The summed E-state index contributed by atoms with van der Waals surface area (Å²) in [6, 6.07) is 6.66. The van der Waals surface area contributed by atoms with E-state index in [0.717, 1.165) is 0 Å². The molecule has 3 rings (SSSR count). The maximum absolute atomic E-state index is 13.5. The Kier molecular flexibility index (Phi) is 3.34. The molecule has 0 saturated carbocycles. The molecule has 0 bridgehead atoms. The molecule has 118 valence electrons. The number of hydrogen-bond donors (Lipinski definition) is 1. The van der Waals surface area contributed by atoms with Crippen molar-refractivity contribution in [2.45, 2.75) is 18.5 Å². The van der Waals surface area contributed by atoms with Crippen molar-refractivity contribution in [2.24, 2.45) is 0 Å². The quantitative estimate of drug-likeness (QED) is 0.871. The van der Waals surface area contributed by atoms with Crippen LogP contribution in [-0.2, 0) is 6.42 Å². The average molecular weight is 318 g/mol. The van der Waals surface area contributed by atoms with Crippen molar-refractivity contribution in [3.05, 3.63) is 29.8 Å². The van der Waals surface area contributed by atoms with Crippen LogP contribution >= 0.6 is 0 Å². The second-order valence-corrected chi connectivity index (χ2v) is 4.92. The monoisotopic (exact) mass is 318 g/mol. The molecule has 0 radical (unpaired) electrons. The molecule has 2 heterocycles. The van der Waals surface area contributed by atoms with Gasteiger partial charge < -0.3 is 10.1 Å². The molecule has 8 heteroatoms. The molecule has 0 aliphatic carbocycles. The van der Waals surface area contributed by atoms with Crippen molar-refractivity contribution in [3.8, 4) is 5.88 Å². The first-order chi connectivity index (χ1) is 10.4. The topological polar surface area (TPSA) is 34.1 Å². The summed E-state index contributed by atoms with van der Waals surface area (Å²) in [5.74, 6) is -5.52. The second kappa shape index (κ2) is 4.96. The molecule has 1 aliphatic rings. The molecule has 1 aromatic carbocycles. The van der Waals surface area contributed by atoms with Gasteiger partial charge in [0.25, 0.3) is 0 Å². The number of anilines is 1. The van der Waals surface area contributed by atoms with Crippen LogP contribution in [0.2, 0.25) is 0 Å². The zero-order valence-electron chi connectivity index (χ0n) is 11.2. The van der Waals surface area contributed by atoms with E-state index in [2.05, 4.69) is 15.0 Å². The predicted molar refractivity (Wildman–Crippen MR) is 70.4 cm³/mol. The molecular weight excluding hydrogens is 307 g/mol. The number of hydrogen-bond acceptors (Lipinski definition) is 3. The van der Waals surface area contributed by atoms with Gasteiger partial charge in [-0.25, -0.2) is 9.37 Å². The van der Waals surface area contributed by atoms with Crippen molar-refractivity contribution < 1.29 is 26.7 Å². The predicted octanol–water partition coefficient (Wildman–Crippen LogP) is 3.78. The van der Waals surface area contributed by atoms with E-state index in [9.17, 15) is 22.0 Å². The van der Waals surface area contributed by atoms with E-state index in [1.54, 1.807) is 24.3 Å². The van der Waals surface area contributed by atoms with E-state index < -0.39 is 24.6 Å². The zero-order chi connectivity index (χ0) is 16.0. The van der Waals surface area contributed by atoms with Gasteiger partial charge in [-0.1, -0.05) is 18.2 Å². The highest BCUT2D eigenvalue weighted by molar-refractivity contribution is 5.95. The normalized spacial score (nSPS) is 14.8. The molecule has 22 heavy (non-hydrogen) atoms.